The summed E-state index contributed by atoms with van der Waals surface area (Å²) in [4.78, 5) is 0. The van der Waals surface area contributed by atoms with Crippen LogP contribution in [0.15, 0.2) is 72.8 Å². The quantitative estimate of drug-likeness (QED) is 0.408. The van der Waals surface area contributed by atoms with Crippen LogP contribution >= 0.6 is 0 Å². The molecule has 0 spiro atoms. The normalized spacial score (nSPS) is 11.3. The zero-order chi connectivity index (χ0) is 11.9. The van der Waals surface area contributed by atoms with Crippen LogP contribution in [0, 0.1) is 10.4 Å². The second-order valence-corrected chi connectivity index (χ2v) is 4.67. The van der Waals surface area contributed by atoms with Crippen molar-refractivity contribution in [2.75, 3.05) is 0 Å². The SMILES string of the molecule is c1cc2cccc3cccc4cccc(c1)c2=c34. The van der Waals surface area contributed by atoms with Gasteiger partial charge < -0.3 is 0 Å². The van der Waals surface area contributed by atoms with E-state index < -0.39 is 0 Å². The monoisotopic (exact) mass is 228 g/mol. The summed E-state index contributed by atoms with van der Waals surface area (Å²) < 4.78 is 0. The van der Waals surface area contributed by atoms with Gasteiger partial charge in [0, 0.05) is 0 Å². The molecule has 0 N–H and O–H groups in total. The molecule has 0 atom stereocenters. The Morgan fingerprint density at radius 1 is 0.333 bits per heavy atom. The van der Waals surface area contributed by atoms with Crippen molar-refractivity contribution < 1.29 is 0 Å². The van der Waals surface area contributed by atoms with Gasteiger partial charge >= 0.3 is 0 Å². The number of hydrogen-bond acceptors (Lipinski definition) is 0. The van der Waals surface area contributed by atoms with Crippen LogP contribution in [0.2, 0.25) is 0 Å². The van der Waals surface area contributed by atoms with E-state index in [1.54, 1.807) is 0 Å². The first-order valence-corrected chi connectivity index (χ1v) is 6.23. The Kier molecular flexibility index (Phi) is 1.92. The van der Waals surface area contributed by atoms with Crippen molar-refractivity contribution in [2.45, 2.75) is 0 Å². The van der Waals surface area contributed by atoms with Crippen molar-refractivity contribution in [3.05, 3.63) is 83.2 Å². The third kappa shape index (κ3) is 1.26. The summed E-state index contributed by atoms with van der Waals surface area (Å²) in [6, 6.07) is 26.1. The van der Waals surface area contributed by atoms with Crippen LogP contribution in [0.5, 0.6) is 0 Å². The average molecular weight is 228 g/mol. The number of benzene rings is 2. The standard InChI is InChI=1S/C18H12/c1-5-13-9-3-11-15-7-2-8-16-12-4-10-14(6-1)17(13)18(15)16/h1-12H. The van der Waals surface area contributed by atoms with Gasteiger partial charge in [-0.25, -0.2) is 0 Å². The Bertz CT molecular complexity index is 777. The fraction of sp³-hybridized carbons (Fsp3) is 0. The van der Waals surface area contributed by atoms with Crippen LogP contribution in [-0.2, 0) is 0 Å². The summed E-state index contributed by atoms with van der Waals surface area (Å²) in [5.41, 5.74) is 0. The lowest BCUT2D eigenvalue weighted by Crippen LogP contribution is -1.76. The molecule has 0 heterocycles. The highest BCUT2D eigenvalue weighted by molar-refractivity contribution is 5.79. The van der Waals surface area contributed by atoms with E-state index in [2.05, 4.69) is 72.8 Å². The van der Waals surface area contributed by atoms with Crippen molar-refractivity contribution in [3.63, 3.8) is 0 Å². The van der Waals surface area contributed by atoms with Crippen molar-refractivity contribution in [1.29, 1.82) is 0 Å². The third-order valence-corrected chi connectivity index (χ3v) is 3.61. The Balaban J connectivity index is 2.63. The summed E-state index contributed by atoms with van der Waals surface area (Å²) in [6.45, 7) is 0. The molecule has 4 rings (SSSR count). The Hall–Kier alpha value is -2.34. The van der Waals surface area contributed by atoms with E-state index in [0.29, 0.717) is 0 Å². The van der Waals surface area contributed by atoms with Gasteiger partial charge in [0.2, 0.25) is 0 Å². The lowest BCUT2D eigenvalue weighted by Gasteiger charge is -1.97. The summed E-state index contributed by atoms with van der Waals surface area (Å²) in [5.74, 6) is 0. The van der Waals surface area contributed by atoms with Gasteiger partial charge in [-0.1, -0.05) is 72.8 Å². The maximum absolute atomic E-state index is 2.20. The van der Waals surface area contributed by atoms with Crippen LogP contribution in [0.3, 0.4) is 0 Å². The van der Waals surface area contributed by atoms with Gasteiger partial charge in [0.1, 0.15) is 0 Å². The largest absolute Gasteiger partial charge is 0.0610 e. The fourth-order valence-electron chi connectivity index (χ4n) is 2.82. The van der Waals surface area contributed by atoms with Crippen molar-refractivity contribution in [3.8, 4) is 0 Å². The Morgan fingerprint density at radius 3 is 0.778 bits per heavy atom. The molecule has 0 bridgehead atoms. The molecule has 0 aromatic heterocycles. The topological polar surface area (TPSA) is 0 Å². The van der Waals surface area contributed by atoms with Crippen LogP contribution in [-0.4, -0.2) is 0 Å². The molecule has 2 aromatic rings. The predicted molar refractivity (Wildman–Crippen MR) is 76.8 cm³/mol. The van der Waals surface area contributed by atoms with E-state index >= 15 is 0 Å². The van der Waals surface area contributed by atoms with Gasteiger partial charge in [0.05, 0.1) is 0 Å². The maximum Gasteiger partial charge on any atom is -0.00268 e. The second-order valence-electron chi connectivity index (χ2n) is 4.67. The third-order valence-electron chi connectivity index (χ3n) is 3.61. The molecule has 0 fully saturated rings. The molecule has 0 unspecified atom stereocenters. The molecule has 0 heteroatoms. The molecule has 84 valence electrons. The lowest BCUT2D eigenvalue weighted by molar-refractivity contribution is 1.67. The molecule has 0 saturated carbocycles. The summed E-state index contributed by atoms with van der Waals surface area (Å²) >= 11 is 0. The summed E-state index contributed by atoms with van der Waals surface area (Å²) in [7, 11) is 0. The van der Waals surface area contributed by atoms with Gasteiger partial charge in [-0.2, -0.15) is 0 Å². The van der Waals surface area contributed by atoms with Crippen LogP contribution in [0.1, 0.15) is 0 Å². The van der Waals surface area contributed by atoms with Crippen molar-refractivity contribution in [2.24, 2.45) is 0 Å². The van der Waals surface area contributed by atoms with Gasteiger partial charge in [-0.05, 0) is 32.0 Å². The number of rotatable bonds is 0. The highest BCUT2D eigenvalue weighted by Gasteiger charge is 2.00. The molecule has 0 aliphatic heterocycles. The minimum absolute atomic E-state index is 1.30. The van der Waals surface area contributed by atoms with E-state index in [1.165, 1.54) is 32.0 Å². The minimum atomic E-state index is 1.30. The van der Waals surface area contributed by atoms with Gasteiger partial charge in [-0.3, -0.25) is 0 Å². The molecule has 0 nitrogen and oxygen atoms in total. The molecule has 0 amide bonds. The van der Waals surface area contributed by atoms with E-state index in [9.17, 15) is 0 Å². The van der Waals surface area contributed by atoms with E-state index in [1.807, 2.05) is 0 Å². The van der Waals surface area contributed by atoms with Crippen molar-refractivity contribution >= 4 is 21.5 Å². The zero-order valence-electron chi connectivity index (χ0n) is 9.93. The van der Waals surface area contributed by atoms with Gasteiger partial charge in [-0.15, -0.1) is 0 Å². The molecular formula is C18H12. The molecule has 2 aliphatic carbocycles. The van der Waals surface area contributed by atoms with E-state index in [-0.39, 0.29) is 0 Å². The smallest absolute Gasteiger partial charge is 0.00268 e. The zero-order valence-corrected chi connectivity index (χ0v) is 9.93. The molecule has 2 aliphatic rings. The number of hydrogen-bond donors (Lipinski definition) is 0. The Labute approximate surface area is 105 Å². The van der Waals surface area contributed by atoms with Crippen molar-refractivity contribution in [1.82, 2.24) is 0 Å². The first kappa shape index (κ1) is 9.67. The molecule has 0 saturated heterocycles. The lowest BCUT2D eigenvalue weighted by atomic mass is 10.1. The van der Waals surface area contributed by atoms with E-state index in [0.717, 1.165) is 0 Å². The maximum atomic E-state index is 2.20. The summed E-state index contributed by atoms with van der Waals surface area (Å²) in [6.07, 6.45) is 0. The fourth-order valence-corrected chi connectivity index (χ4v) is 2.82. The first-order chi connectivity index (χ1) is 8.93. The van der Waals surface area contributed by atoms with Crippen LogP contribution in [0.25, 0.3) is 21.5 Å². The summed E-state index contributed by atoms with van der Waals surface area (Å²) in [5, 5.41) is 7.92. The first-order valence-electron chi connectivity index (χ1n) is 6.23. The molecule has 0 radical (unpaired) electrons. The Morgan fingerprint density at radius 2 is 0.556 bits per heavy atom. The molecule has 18 heavy (non-hydrogen) atoms. The minimum Gasteiger partial charge on any atom is -0.0610 e. The second kappa shape index (κ2) is 3.58. The molecular weight excluding hydrogens is 216 g/mol. The van der Waals surface area contributed by atoms with E-state index in [4.69, 9.17) is 0 Å². The van der Waals surface area contributed by atoms with Crippen LogP contribution in [0.4, 0.5) is 0 Å². The van der Waals surface area contributed by atoms with Crippen LogP contribution < -0.4 is 0 Å². The molecule has 2 aromatic carbocycles. The highest BCUT2D eigenvalue weighted by atomic mass is 14.0. The van der Waals surface area contributed by atoms with Gasteiger partial charge in [0.15, 0.2) is 0 Å². The highest BCUT2D eigenvalue weighted by Crippen LogP contribution is 2.21. The van der Waals surface area contributed by atoms with Gasteiger partial charge in [0.25, 0.3) is 0 Å². The average Bonchev–Trinajstić information content (AvgIpc) is 2.70. The predicted octanol–water partition coefficient (Wildman–Crippen LogP) is 4.72.